The third-order valence-corrected chi connectivity index (χ3v) is 3.15. The molecule has 0 spiro atoms. The van der Waals surface area contributed by atoms with Crippen LogP contribution in [-0.4, -0.2) is 15.8 Å². The van der Waals surface area contributed by atoms with Gasteiger partial charge < -0.3 is 5.32 Å². The maximum atomic E-state index is 4.35. The van der Waals surface area contributed by atoms with Gasteiger partial charge in [-0.15, -0.1) is 0 Å². The standard InChI is InChI=1S/C14H27N3/c1-11(2)7-6-8-12(3)15-10-14-9-13(4)16-17(14)5/h9,11-12,15H,6-8,10H2,1-5H3. The second kappa shape index (κ2) is 6.80. The van der Waals surface area contributed by atoms with Crippen LogP contribution in [0.15, 0.2) is 6.07 Å². The van der Waals surface area contributed by atoms with Crippen molar-refractivity contribution < 1.29 is 0 Å². The fraction of sp³-hybridized carbons (Fsp3) is 0.786. The zero-order valence-electron chi connectivity index (χ0n) is 12.0. The minimum absolute atomic E-state index is 0.587. The van der Waals surface area contributed by atoms with Crippen LogP contribution in [0.2, 0.25) is 0 Å². The monoisotopic (exact) mass is 237 g/mol. The molecule has 1 N–H and O–H groups in total. The highest BCUT2D eigenvalue weighted by molar-refractivity contribution is 5.08. The molecule has 1 atom stereocenters. The fourth-order valence-corrected chi connectivity index (χ4v) is 2.04. The van der Waals surface area contributed by atoms with Crippen LogP contribution in [0.3, 0.4) is 0 Å². The van der Waals surface area contributed by atoms with Crippen molar-refractivity contribution in [2.75, 3.05) is 0 Å². The van der Waals surface area contributed by atoms with E-state index in [0.29, 0.717) is 6.04 Å². The summed E-state index contributed by atoms with van der Waals surface area (Å²) < 4.78 is 1.96. The molecule has 3 nitrogen and oxygen atoms in total. The summed E-state index contributed by atoms with van der Waals surface area (Å²) in [6.45, 7) is 9.80. The maximum Gasteiger partial charge on any atom is 0.0597 e. The minimum Gasteiger partial charge on any atom is -0.309 e. The lowest BCUT2D eigenvalue weighted by atomic mass is 10.0. The van der Waals surface area contributed by atoms with Gasteiger partial charge in [0.25, 0.3) is 0 Å². The third kappa shape index (κ3) is 5.35. The fourth-order valence-electron chi connectivity index (χ4n) is 2.04. The second-order valence-electron chi connectivity index (χ2n) is 5.51. The molecule has 98 valence electrons. The van der Waals surface area contributed by atoms with Crippen LogP contribution in [0, 0.1) is 12.8 Å². The molecule has 3 heteroatoms. The average molecular weight is 237 g/mol. The summed E-state index contributed by atoms with van der Waals surface area (Å²) in [6.07, 6.45) is 3.90. The van der Waals surface area contributed by atoms with Crippen LogP contribution in [0.1, 0.15) is 51.4 Å². The summed E-state index contributed by atoms with van der Waals surface area (Å²) in [5.74, 6) is 0.821. The second-order valence-corrected chi connectivity index (χ2v) is 5.51. The highest BCUT2D eigenvalue weighted by atomic mass is 15.3. The van der Waals surface area contributed by atoms with Crippen molar-refractivity contribution in [1.29, 1.82) is 0 Å². The predicted molar refractivity (Wildman–Crippen MR) is 72.9 cm³/mol. The van der Waals surface area contributed by atoms with Crippen LogP contribution >= 0.6 is 0 Å². The summed E-state index contributed by atoms with van der Waals surface area (Å²) in [7, 11) is 2.01. The molecule has 1 aromatic heterocycles. The van der Waals surface area contributed by atoms with E-state index in [1.54, 1.807) is 0 Å². The summed E-state index contributed by atoms with van der Waals surface area (Å²) >= 11 is 0. The number of aryl methyl sites for hydroxylation is 2. The van der Waals surface area contributed by atoms with Gasteiger partial charge in [0.1, 0.15) is 0 Å². The molecular weight excluding hydrogens is 210 g/mol. The van der Waals surface area contributed by atoms with Gasteiger partial charge >= 0.3 is 0 Å². The van der Waals surface area contributed by atoms with E-state index in [9.17, 15) is 0 Å². The Hall–Kier alpha value is -0.830. The minimum atomic E-state index is 0.587. The Labute approximate surface area is 106 Å². The first kappa shape index (κ1) is 14.2. The molecule has 0 bridgehead atoms. The van der Waals surface area contributed by atoms with Crippen molar-refractivity contribution in [3.8, 4) is 0 Å². The topological polar surface area (TPSA) is 29.9 Å². The van der Waals surface area contributed by atoms with E-state index >= 15 is 0 Å². The van der Waals surface area contributed by atoms with Crippen LogP contribution in [-0.2, 0) is 13.6 Å². The van der Waals surface area contributed by atoms with E-state index in [-0.39, 0.29) is 0 Å². The molecule has 0 radical (unpaired) electrons. The number of hydrogen-bond acceptors (Lipinski definition) is 2. The van der Waals surface area contributed by atoms with Crippen molar-refractivity contribution in [2.24, 2.45) is 13.0 Å². The van der Waals surface area contributed by atoms with Crippen LogP contribution in [0.4, 0.5) is 0 Å². The van der Waals surface area contributed by atoms with Crippen molar-refractivity contribution in [3.63, 3.8) is 0 Å². The van der Waals surface area contributed by atoms with Crippen molar-refractivity contribution >= 4 is 0 Å². The van der Waals surface area contributed by atoms with E-state index in [4.69, 9.17) is 0 Å². The summed E-state index contributed by atoms with van der Waals surface area (Å²) in [6, 6.07) is 2.73. The highest BCUT2D eigenvalue weighted by Gasteiger charge is 2.05. The molecule has 0 aliphatic rings. The number of aromatic nitrogens is 2. The third-order valence-electron chi connectivity index (χ3n) is 3.15. The molecule has 0 saturated carbocycles. The van der Waals surface area contributed by atoms with Gasteiger partial charge in [0.05, 0.1) is 11.4 Å². The van der Waals surface area contributed by atoms with Gasteiger partial charge in [-0.1, -0.05) is 26.7 Å². The van der Waals surface area contributed by atoms with Crippen molar-refractivity contribution in [1.82, 2.24) is 15.1 Å². The van der Waals surface area contributed by atoms with Gasteiger partial charge in [0.15, 0.2) is 0 Å². The SMILES string of the molecule is Cc1cc(CNC(C)CCCC(C)C)n(C)n1. The predicted octanol–water partition coefficient (Wildman–Crippen LogP) is 3.03. The molecule has 0 aromatic carbocycles. The Morgan fingerprint density at radius 2 is 2.00 bits per heavy atom. The molecule has 0 aliphatic heterocycles. The molecule has 0 saturated heterocycles. The van der Waals surface area contributed by atoms with E-state index in [2.05, 4.69) is 37.3 Å². The Morgan fingerprint density at radius 3 is 2.53 bits per heavy atom. The van der Waals surface area contributed by atoms with E-state index in [1.165, 1.54) is 25.0 Å². The summed E-state index contributed by atoms with van der Waals surface area (Å²) in [5.41, 5.74) is 2.36. The van der Waals surface area contributed by atoms with Gasteiger partial charge in [0.2, 0.25) is 0 Å². The number of hydrogen-bond donors (Lipinski definition) is 1. The largest absolute Gasteiger partial charge is 0.309 e. The quantitative estimate of drug-likeness (QED) is 0.790. The van der Waals surface area contributed by atoms with Gasteiger partial charge in [0, 0.05) is 19.6 Å². The molecule has 1 unspecified atom stereocenters. The highest BCUT2D eigenvalue weighted by Crippen LogP contribution is 2.09. The van der Waals surface area contributed by atoms with E-state index in [1.807, 2.05) is 18.7 Å². The van der Waals surface area contributed by atoms with Crippen LogP contribution < -0.4 is 5.32 Å². The van der Waals surface area contributed by atoms with E-state index < -0.39 is 0 Å². The van der Waals surface area contributed by atoms with Crippen molar-refractivity contribution in [3.05, 3.63) is 17.5 Å². The lowest BCUT2D eigenvalue weighted by molar-refractivity contribution is 0.451. The zero-order valence-corrected chi connectivity index (χ0v) is 12.0. The molecular formula is C14H27N3. The number of nitrogens with zero attached hydrogens (tertiary/aromatic N) is 2. The molecule has 1 aromatic rings. The first-order valence-electron chi connectivity index (χ1n) is 6.72. The Bertz CT molecular complexity index is 328. The lowest BCUT2D eigenvalue weighted by Crippen LogP contribution is -2.26. The molecule has 1 rings (SSSR count). The Balaban J connectivity index is 2.23. The molecule has 0 aliphatic carbocycles. The van der Waals surface area contributed by atoms with Gasteiger partial charge in [-0.2, -0.15) is 5.10 Å². The molecule has 0 fully saturated rings. The van der Waals surface area contributed by atoms with Crippen LogP contribution in [0.5, 0.6) is 0 Å². The average Bonchev–Trinajstić information content (AvgIpc) is 2.54. The Morgan fingerprint density at radius 1 is 1.29 bits per heavy atom. The molecule has 0 amide bonds. The number of nitrogens with one attached hydrogen (secondary N) is 1. The van der Waals surface area contributed by atoms with Crippen LogP contribution in [0.25, 0.3) is 0 Å². The summed E-state index contributed by atoms with van der Waals surface area (Å²) in [5, 5.41) is 7.92. The van der Waals surface area contributed by atoms with Crippen molar-refractivity contribution in [2.45, 2.75) is 59.5 Å². The lowest BCUT2D eigenvalue weighted by Gasteiger charge is -2.14. The zero-order chi connectivity index (χ0) is 12.8. The first-order chi connectivity index (χ1) is 7.99. The van der Waals surface area contributed by atoms with E-state index in [0.717, 1.165) is 18.2 Å². The summed E-state index contributed by atoms with van der Waals surface area (Å²) in [4.78, 5) is 0. The smallest absolute Gasteiger partial charge is 0.0597 e. The maximum absolute atomic E-state index is 4.35. The first-order valence-corrected chi connectivity index (χ1v) is 6.72. The Kier molecular flexibility index (Phi) is 5.69. The van der Waals surface area contributed by atoms with Gasteiger partial charge in [-0.05, 0) is 32.3 Å². The molecule has 17 heavy (non-hydrogen) atoms. The van der Waals surface area contributed by atoms with Gasteiger partial charge in [-0.25, -0.2) is 0 Å². The number of rotatable bonds is 7. The van der Waals surface area contributed by atoms with Gasteiger partial charge in [-0.3, -0.25) is 4.68 Å². The molecule has 1 heterocycles. The normalized spacial score (nSPS) is 13.3.